The lowest BCUT2D eigenvalue weighted by atomic mass is 9.88. The van der Waals surface area contributed by atoms with Gasteiger partial charge in [-0.3, -0.25) is 9.59 Å². The van der Waals surface area contributed by atoms with Gasteiger partial charge in [-0.25, -0.2) is 0 Å². The van der Waals surface area contributed by atoms with Crippen LogP contribution in [0.2, 0.25) is 0 Å². The van der Waals surface area contributed by atoms with Gasteiger partial charge >= 0.3 is 0 Å². The number of primary amides is 1. The van der Waals surface area contributed by atoms with Crippen LogP contribution in [0, 0.1) is 5.92 Å². The summed E-state index contributed by atoms with van der Waals surface area (Å²) in [6, 6.07) is 8.14. The second-order valence-corrected chi connectivity index (χ2v) is 8.67. The molecular weight excluding hydrogens is 356 g/mol. The van der Waals surface area contributed by atoms with Gasteiger partial charge in [-0.05, 0) is 53.9 Å². The van der Waals surface area contributed by atoms with Crippen LogP contribution in [0.3, 0.4) is 0 Å². The minimum absolute atomic E-state index is 0.253. The third-order valence-electron chi connectivity index (χ3n) is 5.03. The largest absolute Gasteiger partial charge is 0.365 e. The molecule has 0 saturated carbocycles. The summed E-state index contributed by atoms with van der Waals surface area (Å²) in [6.07, 6.45) is 6.10. The molecule has 3 N–H and O–H groups in total. The first kappa shape index (κ1) is 19.4. The van der Waals surface area contributed by atoms with Crippen LogP contribution in [-0.2, 0) is 17.6 Å². The molecule has 0 fully saturated rings. The molecule has 0 bridgehead atoms. The monoisotopic (exact) mass is 382 g/mol. The molecule has 1 aromatic heterocycles. The quantitative estimate of drug-likeness (QED) is 0.733. The van der Waals surface area contributed by atoms with Crippen molar-refractivity contribution < 1.29 is 9.59 Å². The number of carbonyl (C=O) groups is 2. The SMILES string of the molecule is CC(C)c1ccc(/C=C/C(=O)Nc2sc3c(c2C(N)=O)CC[C@H](C)C3)cc1. The molecule has 2 aromatic rings. The molecule has 4 nitrogen and oxygen atoms in total. The van der Waals surface area contributed by atoms with E-state index in [1.54, 1.807) is 6.08 Å². The molecule has 1 atom stereocenters. The van der Waals surface area contributed by atoms with Crippen molar-refractivity contribution in [1.29, 1.82) is 0 Å². The van der Waals surface area contributed by atoms with Crippen molar-refractivity contribution >= 4 is 34.2 Å². The Kier molecular flexibility index (Phi) is 5.80. The number of benzene rings is 1. The van der Waals surface area contributed by atoms with Crippen LogP contribution in [-0.4, -0.2) is 11.8 Å². The molecule has 1 aliphatic carbocycles. The Labute approximate surface area is 164 Å². The Morgan fingerprint density at radius 3 is 2.59 bits per heavy atom. The van der Waals surface area contributed by atoms with Gasteiger partial charge in [0, 0.05) is 11.0 Å². The van der Waals surface area contributed by atoms with Gasteiger partial charge in [0.05, 0.1) is 5.56 Å². The number of nitrogens with two attached hydrogens (primary N) is 1. The lowest BCUT2D eigenvalue weighted by Crippen LogP contribution is -2.18. The minimum Gasteiger partial charge on any atom is -0.365 e. The van der Waals surface area contributed by atoms with E-state index in [9.17, 15) is 9.59 Å². The van der Waals surface area contributed by atoms with Gasteiger partial charge < -0.3 is 11.1 Å². The number of carbonyl (C=O) groups excluding carboxylic acids is 2. The third kappa shape index (κ3) is 4.48. The number of fused-ring (bicyclic) bond motifs is 1. The average Bonchev–Trinajstić information content (AvgIpc) is 2.97. The van der Waals surface area contributed by atoms with Crippen molar-refractivity contribution in [3.8, 4) is 0 Å². The molecule has 0 aliphatic heterocycles. The first-order valence-electron chi connectivity index (χ1n) is 9.38. The Morgan fingerprint density at radius 2 is 1.96 bits per heavy atom. The maximum atomic E-state index is 12.4. The molecule has 0 radical (unpaired) electrons. The van der Waals surface area contributed by atoms with Crippen LogP contribution in [0.5, 0.6) is 0 Å². The van der Waals surface area contributed by atoms with E-state index in [0.717, 1.165) is 30.4 Å². The standard InChI is InChI=1S/C22H26N2O2S/c1-13(2)16-8-5-15(6-9-16)7-11-19(25)24-22-20(21(23)26)17-10-4-14(3)12-18(17)27-22/h5-9,11,13-14H,4,10,12H2,1-3H3,(H2,23,26)(H,24,25)/b11-7+/t14-/m0/s1. The highest BCUT2D eigenvalue weighted by Crippen LogP contribution is 2.39. The number of anilines is 1. The first-order chi connectivity index (χ1) is 12.8. The predicted molar refractivity (Wildman–Crippen MR) is 112 cm³/mol. The summed E-state index contributed by atoms with van der Waals surface area (Å²) < 4.78 is 0. The van der Waals surface area contributed by atoms with Gasteiger partial charge in [-0.2, -0.15) is 0 Å². The van der Waals surface area contributed by atoms with Crippen molar-refractivity contribution in [3.05, 3.63) is 57.5 Å². The molecule has 1 heterocycles. The molecule has 0 spiro atoms. The summed E-state index contributed by atoms with van der Waals surface area (Å²) in [5.41, 5.74) is 9.34. The smallest absolute Gasteiger partial charge is 0.251 e. The van der Waals surface area contributed by atoms with Gasteiger partial charge in [0.2, 0.25) is 5.91 Å². The van der Waals surface area contributed by atoms with Crippen LogP contribution in [0.15, 0.2) is 30.3 Å². The molecule has 0 unspecified atom stereocenters. The molecule has 1 aromatic carbocycles. The van der Waals surface area contributed by atoms with Gasteiger partial charge in [0.25, 0.3) is 5.91 Å². The van der Waals surface area contributed by atoms with E-state index in [0.29, 0.717) is 22.4 Å². The highest BCUT2D eigenvalue weighted by Gasteiger charge is 2.26. The van der Waals surface area contributed by atoms with Crippen LogP contribution in [0.25, 0.3) is 6.08 Å². The Morgan fingerprint density at radius 1 is 1.26 bits per heavy atom. The van der Waals surface area contributed by atoms with Crippen molar-refractivity contribution in [2.24, 2.45) is 11.7 Å². The van der Waals surface area contributed by atoms with Crippen molar-refractivity contribution in [3.63, 3.8) is 0 Å². The molecule has 2 amide bonds. The summed E-state index contributed by atoms with van der Waals surface area (Å²) >= 11 is 1.48. The number of thiophene rings is 1. The third-order valence-corrected chi connectivity index (χ3v) is 6.19. The topological polar surface area (TPSA) is 72.2 Å². The fourth-order valence-electron chi connectivity index (χ4n) is 3.42. The second-order valence-electron chi connectivity index (χ2n) is 7.56. The lowest BCUT2D eigenvalue weighted by molar-refractivity contribution is -0.111. The number of rotatable bonds is 5. The fourth-order valence-corrected chi connectivity index (χ4v) is 4.84. The van der Waals surface area contributed by atoms with Crippen molar-refractivity contribution in [2.45, 2.75) is 46.0 Å². The van der Waals surface area contributed by atoms with Crippen LogP contribution in [0.1, 0.15) is 65.0 Å². The van der Waals surface area contributed by atoms with Gasteiger partial charge in [-0.1, -0.05) is 45.0 Å². The lowest BCUT2D eigenvalue weighted by Gasteiger charge is -2.18. The normalized spacial score (nSPS) is 16.5. The molecule has 142 valence electrons. The molecule has 0 saturated heterocycles. The summed E-state index contributed by atoms with van der Waals surface area (Å²) in [6.45, 7) is 6.50. The van der Waals surface area contributed by atoms with E-state index in [1.807, 2.05) is 12.1 Å². The van der Waals surface area contributed by atoms with Crippen LogP contribution >= 0.6 is 11.3 Å². The van der Waals surface area contributed by atoms with Crippen molar-refractivity contribution in [1.82, 2.24) is 0 Å². The minimum atomic E-state index is -0.467. The summed E-state index contributed by atoms with van der Waals surface area (Å²) in [5.74, 6) is 0.350. The zero-order valence-corrected chi connectivity index (χ0v) is 16.9. The summed E-state index contributed by atoms with van der Waals surface area (Å²) in [7, 11) is 0. The Hall–Kier alpha value is -2.40. The van der Waals surface area contributed by atoms with Crippen LogP contribution < -0.4 is 11.1 Å². The highest BCUT2D eigenvalue weighted by molar-refractivity contribution is 7.17. The number of hydrogen-bond acceptors (Lipinski definition) is 3. The van der Waals surface area contributed by atoms with Crippen molar-refractivity contribution in [2.75, 3.05) is 5.32 Å². The molecular formula is C22H26N2O2S. The van der Waals surface area contributed by atoms with E-state index in [1.165, 1.54) is 27.9 Å². The zero-order chi connectivity index (χ0) is 19.6. The molecule has 27 heavy (non-hydrogen) atoms. The fraction of sp³-hybridized carbons (Fsp3) is 0.364. The maximum absolute atomic E-state index is 12.4. The maximum Gasteiger partial charge on any atom is 0.251 e. The van der Waals surface area contributed by atoms with E-state index in [-0.39, 0.29) is 5.91 Å². The summed E-state index contributed by atoms with van der Waals surface area (Å²) in [5, 5.41) is 3.43. The molecule has 5 heteroatoms. The average molecular weight is 383 g/mol. The van der Waals surface area contributed by atoms with Gasteiger partial charge in [-0.15, -0.1) is 11.3 Å². The number of nitrogens with one attached hydrogen (secondary N) is 1. The van der Waals surface area contributed by atoms with Gasteiger partial charge in [0.15, 0.2) is 0 Å². The van der Waals surface area contributed by atoms with Crippen LogP contribution in [0.4, 0.5) is 5.00 Å². The van der Waals surface area contributed by atoms with Gasteiger partial charge in [0.1, 0.15) is 5.00 Å². The molecule has 1 aliphatic rings. The number of amides is 2. The summed E-state index contributed by atoms with van der Waals surface area (Å²) in [4.78, 5) is 25.5. The highest BCUT2D eigenvalue weighted by atomic mass is 32.1. The molecule has 3 rings (SSSR count). The first-order valence-corrected chi connectivity index (χ1v) is 10.2. The van der Waals surface area contributed by atoms with E-state index in [4.69, 9.17) is 5.73 Å². The van der Waals surface area contributed by atoms with E-state index < -0.39 is 5.91 Å². The Balaban J connectivity index is 1.75. The zero-order valence-electron chi connectivity index (χ0n) is 16.0. The predicted octanol–water partition coefficient (Wildman–Crippen LogP) is 4.75. The number of hydrogen-bond donors (Lipinski definition) is 2. The van der Waals surface area contributed by atoms with E-state index >= 15 is 0 Å². The Bertz CT molecular complexity index is 878. The second kappa shape index (κ2) is 8.09. The van der Waals surface area contributed by atoms with E-state index in [2.05, 4.69) is 38.2 Å².